The summed E-state index contributed by atoms with van der Waals surface area (Å²) in [5.41, 5.74) is 9.34. The molecule has 2 fully saturated rings. The highest BCUT2D eigenvalue weighted by Crippen LogP contribution is 2.43. The Balaban J connectivity index is 1.47. The third-order valence-electron chi connectivity index (χ3n) is 8.82. The van der Waals surface area contributed by atoms with Gasteiger partial charge in [0, 0.05) is 0 Å². The molecule has 0 aliphatic heterocycles. The molecule has 0 N–H and O–H groups in total. The zero-order valence-electron chi connectivity index (χ0n) is 19.6. The molecule has 2 aliphatic carbocycles. The fraction of sp³-hybridized carbons (Fsp3) is 0.714. The third kappa shape index (κ3) is 5.33. The second kappa shape index (κ2) is 10.3. The Kier molecular flexibility index (Phi) is 7.99. The average Bonchev–Trinajstić information content (AvgIpc) is 2.75. The molecule has 2 aliphatic rings. The van der Waals surface area contributed by atoms with Crippen molar-refractivity contribution in [2.45, 2.75) is 111 Å². The van der Waals surface area contributed by atoms with E-state index in [0.717, 1.165) is 36.4 Å². The molecule has 0 bridgehead atoms. The SMILES string of the molecule is Cc1c(C)c(C)c(C2CCC(CCC3CCC(C/C=C/F)CC3)CC2)c(C)c1C. The van der Waals surface area contributed by atoms with Gasteiger partial charge in [-0.2, -0.15) is 0 Å². The van der Waals surface area contributed by atoms with Gasteiger partial charge in [0.25, 0.3) is 0 Å². The number of allylic oxidation sites excluding steroid dienone is 1. The lowest BCUT2D eigenvalue weighted by Gasteiger charge is -2.33. The molecule has 1 aromatic rings. The van der Waals surface area contributed by atoms with Crippen LogP contribution in [0.2, 0.25) is 0 Å². The number of hydrogen-bond donors (Lipinski definition) is 0. The molecular formula is C28H43F. The van der Waals surface area contributed by atoms with Gasteiger partial charge in [0.05, 0.1) is 6.33 Å². The van der Waals surface area contributed by atoms with Crippen LogP contribution in [0.1, 0.15) is 110 Å². The van der Waals surface area contributed by atoms with Crippen molar-refractivity contribution in [3.63, 3.8) is 0 Å². The molecular weight excluding hydrogens is 355 g/mol. The zero-order chi connectivity index (χ0) is 21.0. The van der Waals surface area contributed by atoms with E-state index in [9.17, 15) is 4.39 Å². The van der Waals surface area contributed by atoms with Crippen molar-refractivity contribution in [2.24, 2.45) is 17.8 Å². The molecule has 0 heterocycles. The Morgan fingerprint density at radius 3 is 1.52 bits per heavy atom. The largest absolute Gasteiger partial charge is 0.216 e. The number of halogens is 1. The van der Waals surface area contributed by atoms with Gasteiger partial charge in [-0.05, 0) is 137 Å². The van der Waals surface area contributed by atoms with E-state index in [-0.39, 0.29) is 0 Å². The Hall–Kier alpha value is -1.11. The van der Waals surface area contributed by atoms with Crippen LogP contribution in [0.25, 0.3) is 0 Å². The molecule has 0 amide bonds. The summed E-state index contributed by atoms with van der Waals surface area (Å²) in [4.78, 5) is 0. The minimum absolute atomic E-state index is 0.727. The van der Waals surface area contributed by atoms with Crippen LogP contribution in [0.15, 0.2) is 12.4 Å². The van der Waals surface area contributed by atoms with Crippen LogP contribution in [0, 0.1) is 52.4 Å². The first-order valence-electron chi connectivity index (χ1n) is 12.2. The van der Waals surface area contributed by atoms with Gasteiger partial charge in [0.1, 0.15) is 0 Å². The fourth-order valence-corrected chi connectivity index (χ4v) is 6.35. The molecule has 0 atom stereocenters. The van der Waals surface area contributed by atoms with Crippen molar-refractivity contribution >= 4 is 0 Å². The van der Waals surface area contributed by atoms with Crippen molar-refractivity contribution in [3.05, 3.63) is 45.8 Å². The Labute approximate surface area is 179 Å². The maximum Gasteiger partial charge on any atom is 0.0827 e. The molecule has 3 rings (SSSR count). The number of benzene rings is 1. The van der Waals surface area contributed by atoms with Gasteiger partial charge in [0.15, 0.2) is 0 Å². The first-order valence-corrected chi connectivity index (χ1v) is 12.2. The zero-order valence-corrected chi connectivity index (χ0v) is 19.6. The predicted molar refractivity (Wildman–Crippen MR) is 124 cm³/mol. The lowest BCUT2D eigenvalue weighted by Crippen LogP contribution is -2.18. The van der Waals surface area contributed by atoms with Crippen molar-refractivity contribution in [1.29, 1.82) is 0 Å². The quantitative estimate of drug-likeness (QED) is 0.448. The fourth-order valence-electron chi connectivity index (χ4n) is 6.35. The maximum absolute atomic E-state index is 12.2. The van der Waals surface area contributed by atoms with Gasteiger partial charge in [0.2, 0.25) is 0 Å². The summed E-state index contributed by atoms with van der Waals surface area (Å²) in [7, 11) is 0. The molecule has 0 nitrogen and oxygen atoms in total. The topological polar surface area (TPSA) is 0 Å². The lowest BCUT2D eigenvalue weighted by atomic mass is 9.72. The minimum Gasteiger partial charge on any atom is -0.216 e. The van der Waals surface area contributed by atoms with Gasteiger partial charge in [-0.3, -0.25) is 0 Å². The number of hydrogen-bond acceptors (Lipinski definition) is 0. The van der Waals surface area contributed by atoms with Crippen molar-refractivity contribution in [1.82, 2.24) is 0 Å². The molecule has 0 saturated heterocycles. The smallest absolute Gasteiger partial charge is 0.0827 e. The molecule has 1 heteroatoms. The van der Waals surface area contributed by atoms with Gasteiger partial charge in [-0.1, -0.05) is 31.8 Å². The highest BCUT2D eigenvalue weighted by atomic mass is 19.1. The molecule has 162 valence electrons. The summed E-state index contributed by atoms with van der Waals surface area (Å²) < 4.78 is 12.2. The van der Waals surface area contributed by atoms with Crippen LogP contribution in [-0.2, 0) is 0 Å². The highest BCUT2D eigenvalue weighted by Gasteiger charge is 2.27. The normalized spacial score (nSPS) is 28.2. The Morgan fingerprint density at radius 1 is 0.621 bits per heavy atom. The number of rotatable bonds is 6. The van der Waals surface area contributed by atoms with Gasteiger partial charge < -0.3 is 0 Å². The first kappa shape index (κ1) is 22.6. The molecule has 0 radical (unpaired) electrons. The van der Waals surface area contributed by atoms with Crippen LogP contribution in [0.5, 0.6) is 0 Å². The van der Waals surface area contributed by atoms with Crippen LogP contribution in [0.4, 0.5) is 4.39 Å². The van der Waals surface area contributed by atoms with Gasteiger partial charge >= 0.3 is 0 Å². The van der Waals surface area contributed by atoms with E-state index in [2.05, 4.69) is 34.6 Å². The molecule has 0 spiro atoms. The summed E-state index contributed by atoms with van der Waals surface area (Å²) in [5.74, 6) is 3.40. The van der Waals surface area contributed by atoms with Crippen LogP contribution >= 0.6 is 0 Å². The van der Waals surface area contributed by atoms with Crippen molar-refractivity contribution in [2.75, 3.05) is 0 Å². The van der Waals surface area contributed by atoms with E-state index >= 15 is 0 Å². The maximum atomic E-state index is 12.2. The van der Waals surface area contributed by atoms with Crippen LogP contribution in [0.3, 0.4) is 0 Å². The second-order valence-electron chi connectivity index (χ2n) is 10.3. The van der Waals surface area contributed by atoms with Crippen LogP contribution in [-0.4, -0.2) is 0 Å². The summed E-state index contributed by atoms with van der Waals surface area (Å²) in [6.45, 7) is 11.6. The molecule has 0 unspecified atom stereocenters. The summed E-state index contributed by atoms with van der Waals surface area (Å²) in [6, 6.07) is 0. The Morgan fingerprint density at radius 2 is 1.03 bits per heavy atom. The van der Waals surface area contributed by atoms with Crippen molar-refractivity contribution in [3.8, 4) is 0 Å². The Bertz CT molecular complexity index is 669. The van der Waals surface area contributed by atoms with E-state index in [1.54, 1.807) is 22.8 Å². The standard InChI is InChI=1S/C28H43F/c1-19-20(2)22(4)28(23(5)21(19)3)27-16-14-26(15-17-27)13-12-25-10-8-24(9-11-25)7-6-18-29/h6,18,24-27H,7-17H2,1-5H3/b18-6+. The van der Waals surface area contributed by atoms with E-state index in [1.807, 2.05) is 0 Å². The first-order chi connectivity index (χ1) is 13.9. The van der Waals surface area contributed by atoms with E-state index in [4.69, 9.17) is 0 Å². The van der Waals surface area contributed by atoms with Crippen molar-refractivity contribution < 1.29 is 4.39 Å². The molecule has 2 saturated carbocycles. The van der Waals surface area contributed by atoms with Gasteiger partial charge in [-0.15, -0.1) is 0 Å². The predicted octanol–water partition coefficient (Wildman–Crippen LogP) is 8.96. The van der Waals surface area contributed by atoms with E-state index < -0.39 is 0 Å². The monoisotopic (exact) mass is 398 g/mol. The van der Waals surface area contributed by atoms with Gasteiger partial charge in [-0.25, -0.2) is 4.39 Å². The highest BCUT2D eigenvalue weighted by molar-refractivity contribution is 5.51. The summed E-state index contributed by atoms with van der Waals surface area (Å²) in [6.07, 6.45) is 17.3. The average molecular weight is 399 g/mol. The molecule has 0 aromatic heterocycles. The lowest BCUT2D eigenvalue weighted by molar-refractivity contribution is 0.230. The molecule has 29 heavy (non-hydrogen) atoms. The van der Waals surface area contributed by atoms with E-state index in [0.29, 0.717) is 0 Å². The van der Waals surface area contributed by atoms with E-state index in [1.165, 1.54) is 80.9 Å². The minimum atomic E-state index is 0.727. The third-order valence-corrected chi connectivity index (χ3v) is 8.82. The summed E-state index contributed by atoms with van der Waals surface area (Å²) in [5, 5.41) is 0. The van der Waals surface area contributed by atoms with Crippen LogP contribution < -0.4 is 0 Å². The molecule has 1 aromatic carbocycles. The second-order valence-corrected chi connectivity index (χ2v) is 10.3. The summed E-state index contributed by atoms with van der Waals surface area (Å²) >= 11 is 0.